The van der Waals surface area contributed by atoms with E-state index < -0.39 is 0 Å². The summed E-state index contributed by atoms with van der Waals surface area (Å²) in [5, 5.41) is 3.51. The second-order valence-corrected chi connectivity index (χ2v) is 5.97. The van der Waals surface area contributed by atoms with E-state index in [9.17, 15) is 0 Å². The minimum absolute atomic E-state index is 0.596. The number of hydrogen-bond donors (Lipinski definition) is 1. The summed E-state index contributed by atoms with van der Waals surface area (Å²) < 4.78 is 7.94. The van der Waals surface area contributed by atoms with Crippen molar-refractivity contribution < 1.29 is 4.74 Å². The van der Waals surface area contributed by atoms with E-state index in [4.69, 9.17) is 9.72 Å². The van der Waals surface area contributed by atoms with Crippen LogP contribution in [0.1, 0.15) is 43.1 Å². The highest BCUT2D eigenvalue weighted by molar-refractivity contribution is 5.09. The molecule has 4 heteroatoms. The largest absolute Gasteiger partial charge is 0.381 e. The van der Waals surface area contributed by atoms with E-state index >= 15 is 0 Å². The van der Waals surface area contributed by atoms with Crippen LogP contribution in [-0.4, -0.2) is 35.9 Å². The van der Waals surface area contributed by atoms with Gasteiger partial charge in [-0.2, -0.15) is 0 Å². The SMILES string of the molecule is Cc1cnc(C2CCOCC2)n1C[C@H]1CCCNC1. The minimum atomic E-state index is 0.596. The lowest BCUT2D eigenvalue weighted by atomic mass is 9.97. The van der Waals surface area contributed by atoms with Crippen LogP contribution >= 0.6 is 0 Å². The van der Waals surface area contributed by atoms with Gasteiger partial charge < -0.3 is 14.6 Å². The predicted octanol–water partition coefficient (Wildman–Crippen LogP) is 2.09. The number of rotatable bonds is 3. The molecule has 1 N–H and O–H groups in total. The molecule has 0 spiro atoms. The van der Waals surface area contributed by atoms with Crippen molar-refractivity contribution in [2.45, 2.75) is 45.1 Å². The zero-order valence-electron chi connectivity index (χ0n) is 11.9. The van der Waals surface area contributed by atoms with Crippen LogP contribution in [-0.2, 0) is 11.3 Å². The topological polar surface area (TPSA) is 39.1 Å². The van der Waals surface area contributed by atoms with E-state index in [0.717, 1.165) is 45.1 Å². The third-order valence-corrected chi connectivity index (χ3v) is 4.51. The molecule has 3 heterocycles. The van der Waals surface area contributed by atoms with Crippen molar-refractivity contribution in [1.82, 2.24) is 14.9 Å². The van der Waals surface area contributed by atoms with Gasteiger partial charge in [0.05, 0.1) is 0 Å². The molecule has 0 saturated carbocycles. The van der Waals surface area contributed by atoms with Crippen molar-refractivity contribution in [3.63, 3.8) is 0 Å². The lowest BCUT2D eigenvalue weighted by Crippen LogP contribution is -2.33. The summed E-state index contributed by atoms with van der Waals surface area (Å²) in [4.78, 5) is 4.69. The highest BCUT2D eigenvalue weighted by Gasteiger charge is 2.23. The summed E-state index contributed by atoms with van der Waals surface area (Å²) >= 11 is 0. The molecule has 106 valence electrons. The Morgan fingerprint density at radius 1 is 1.37 bits per heavy atom. The molecule has 2 fully saturated rings. The Balaban J connectivity index is 1.73. The first-order valence-corrected chi connectivity index (χ1v) is 7.65. The second kappa shape index (κ2) is 6.06. The van der Waals surface area contributed by atoms with Gasteiger partial charge in [0.15, 0.2) is 0 Å². The van der Waals surface area contributed by atoms with Crippen LogP contribution in [0.5, 0.6) is 0 Å². The van der Waals surface area contributed by atoms with Crippen LogP contribution in [0.2, 0.25) is 0 Å². The van der Waals surface area contributed by atoms with E-state index in [1.54, 1.807) is 0 Å². The molecule has 2 aliphatic heterocycles. The average Bonchev–Trinajstić information content (AvgIpc) is 2.82. The molecule has 0 aliphatic carbocycles. The van der Waals surface area contributed by atoms with Gasteiger partial charge in [-0.15, -0.1) is 0 Å². The van der Waals surface area contributed by atoms with Crippen molar-refractivity contribution in [3.05, 3.63) is 17.7 Å². The zero-order valence-corrected chi connectivity index (χ0v) is 11.9. The number of aromatic nitrogens is 2. The van der Waals surface area contributed by atoms with Gasteiger partial charge >= 0.3 is 0 Å². The van der Waals surface area contributed by atoms with Gasteiger partial charge in [0.2, 0.25) is 0 Å². The molecule has 1 atom stereocenters. The summed E-state index contributed by atoms with van der Waals surface area (Å²) in [7, 11) is 0. The van der Waals surface area contributed by atoms with Gasteiger partial charge in [0, 0.05) is 37.6 Å². The van der Waals surface area contributed by atoms with Gasteiger partial charge in [-0.05, 0) is 51.6 Å². The minimum Gasteiger partial charge on any atom is -0.381 e. The summed E-state index contributed by atoms with van der Waals surface area (Å²) in [5.74, 6) is 2.66. The number of nitrogens with zero attached hydrogens (tertiary/aromatic N) is 2. The number of imidazole rings is 1. The van der Waals surface area contributed by atoms with Crippen LogP contribution in [0.25, 0.3) is 0 Å². The van der Waals surface area contributed by atoms with Gasteiger partial charge in [-0.3, -0.25) is 0 Å². The maximum Gasteiger partial charge on any atom is 0.112 e. The maximum atomic E-state index is 5.47. The molecule has 2 aliphatic rings. The maximum absolute atomic E-state index is 5.47. The highest BCUT2D eigenvalue weighted by atomic mass is 16.5. The molecule has 1 aromatic heterocycles. The number of nitrogens with one attached hydrogen (secondary N) is 1. The third kappa shape index (κ3) is 3.00. The predicted molar refractivity (Wildman–Crippen MR) is 75.4 cm³/mol. The van der Waals surface area contributed by atoms with Gasteiger partial charge in [0.1, 0.15) is 5.82 Å². The quantitative estimate of drug-likeness (QED) is 0.907. The van der Waals surface area contributed by atoms with E-state index in [1.165, 1.54) is 30.9 Å². The average molecular weight is 263 g/mol. The van der Waals surface area contributed by atoms with Gasteiger partial charge in [-0.25, -0.2) is 4.98 Å². The zero-order chi connectivity index (χ0) is 13.1. The molecule has 0 radical (unpaired) electrons. The van der Waals surface area contributed by atoms with Crippen molar-refractivity contribution in [2.24, 2.45) is 5.92 Å². The van der Waals surface area contributed by atoms with Crippen molar-refractivity contribution >= 4 is 0 Å². The third-order valence-electron chi connectivity index (χ3n) is 4.51. The summed E-state index contributed by atoms with van der Waals surface area (Å²) in [6, 6.07) is 0. The first-order chi connectivity index (χ1) is 9.34. The van der Waals surface area contributed by atoms with E-state index in [-0.39, 0.29) is 0 Å². The molecule has 4 nitrogen and oxygen atoms in total. The van der Waals surface area contributed by atoms with Gasteiger partial charge in [-0.1, -0.05) is 0 Å². The number of hydrogen-bond acceptors (Lipinski definition) is 3. The lowest BCUT2D eigenvalue weighted by Gasteiger charge is -2.27. The molecular weight excluding hydrogens is 238 g/mol. The Kier molecular flexibility index (Phi) is 4.18. The first kappa shape index (κ1) is 13.1. The fraction of sp³-hybridized carbons (Fsp3) is 0.800. The standard InChI is InChI=1S/C15H25N3O/c1-12-9-17-15(14-4-7-19-8-5-14)18(12)11-13-3-2-6-16-10-13/h9,13-14,16H,2-8,10-11H2,1H3/t13-/m0/s1. The number of ether oxygens (including phenoxy) is 1. The van der Waals surface area contributed by atoms with Crippen LogP contribution < -0.4 is 5.32 Å². The Morgan fingerprint density at radius 3 is 2.95 bits per heavy atom. The van der Waals surface area contributed by atoms with E-state index in [2.05, 4.69) is 16.8 Å². The monoisotopic (exact) mass is 263 g/mol. The normalized spacial score (nSPS) is 25.6. The summed E-state index contributed by atoms with van der Waals surface area (Å²) in [6.45, 7) is 7.44. The Bertz CT molecular complexity index is 404. The molecule has 2 saturated heterocycles. The molecular formula is C15H25N3O. The second-order valence-electron chi connectivity index (χ2n) is 5.97. The summed E-state index contributed by atoms with van der Waals surface area (Å²) in [6.07, 6.45) is 6.95. The molecule has 0 amide bonds. The van der Waals surface area contributed by atoms with Crippen LogP contribution in [0, 0.1) is 12.8 Å². The van der Waals surface area contributed by atoms with Crippen LogP contribution in [0.15, 0.2) is 6.20 Å². The fourth-order valence-corrected chi connectivity index (χ4v) is 3.34. The Labute approximate surface area is 115 Å². The smallest absolute Gasteiger partial charge is 0.112 e. The molecule has 0 unspecified atom stereocenters. The Morgan fingerprint density at radius 2 is 2.21 bits per heavy atom. The van der Waals surface area contributed by atoms with Crippen molar-refractivity contribution in [3.8, 4) is 0 Å². The fourth-order valence-electron chi connectivity index (χ4n) is 3.34. The number of aryl methyl sites for hydroxylation is 1. The number of piperidine rings is 1. The van der Waals surface area contributed by atoms with Gasteiger partial charge in [0.25, 0.3) is 0 Å². The molecule has 3 rings (SSSR count). The molecule has 19 heavy (non-hydrogen) atoms. The van der Waals surface area contributed by atoms with Crippen LogP contribution in [0.3, 0.4) is 0 Å². The van der Waals surface area contributed by atoms with Crippen molar-refractivity contribution in [1.29, 1.82) is 0 Å². The molecule has 0 aromatic carbocycles. The first-order valence-electron chi connectivity index (χ1n) is 7.65. The lowest BCUT2D eigenvalue weighted by molar-refractivity contribution is 0.0825. The summed E-state index contributed by atoms with van der Waals surface area (Å²) in [5.41, 5.74) is 1.31. The molecule has 0 bridgehead atoms. The van der Waals surface area contributed by atoms with Crippen molar-refractivity contribution in [2.75, 3.05) is 26.3 Å². The van der Waals surface area contributed by atoms with E-state index in [1.807, 2.05) is 6.20 Å². The van der Waals surface area contributed by atoms with Crippen LogP contribution in [0.4, 0.5) is 0 Å². The van der Waals surface area contributed by atoms with E-state index in [0.29, 0.717) is 5.92 Å². The Hall–Kier alpha value is -0.870. The molecule has 1 aromatic rings. The highest BCUT2D eigenvalue weighted by Crippen LogP contribution is 2.27.